The number of rotatable bonds is 1. The van der Waals surface area contributed by atoms with Crippen LogP contribution in [0.2, 0.25) is 0 Å². The fourth-order valence-electron chi connectivity index (χ4n) is 4.90. The van der Waals surface area contributed by atoms with Gasteiger partial charge in [0, 0.05) is 37.2 Å². The molecule has 0 atom stereocenters. The van der Waals surface area contributed by atoms with Crippen molar-refractivity contribution < 1.29 is 9.30 Å². The van der Waals surface area contributed by atoms with Gasteiger partial charge in [-0.2, -0.15) is 0 Å². The maximum Gasteiger partial charge on any atom is 0.228 e. The minimum Gasteiger partial charge on any atom is -0.454 e. The summed E-state index contributed by atoms with van der Waals surface area (Å²) in [5.74, 6) is 2.07. The van der Waals surface area contributed by atoms with Crippen molar-refractivity contribution in [2.24, 2.45) is 12.5 Å². The second-order valence-corrected chi connectivity index (χ2v) is 11.5. The van der Waals surface area contributed by atoms with E-state index in [0.29, 0.717) is 0 Å². The molecule has 4 heteroatoms. The van der Waals surface area contributed by atoms with Gasteiger partial charge < -0.3 is 4.74 Å². The molecule has 0 bridgehead atoms. The van der Waals surface area contributed by atoms with E-state index in [4.69, 9.17) is 4.74 Å². The Morgan fingerprint density at radius 1 is 1.03 bits per heavy atom. The van der Waals surface area contributed by atoms with Crippen LogP contribution in [0.4, 0.5) is 0 Å². The van der Waals surface area contributed by atoms with Gasteiger partial charge in [0.25, 0.3) is 0 Å². The average molecular weight is 431 g/mol. The average Bonchev–Trinajstić information content (AvgIpc) is 3.28. The van der Waals surface area contributed by atoms with Crippen molar-refractivity contribution in [3.05, 3.63) is 53.0 Å². The first-order chi connectivity index (χ1) is 14.3. The highest BCUT2D eigenvalue weighted by atomic mass is 32.1. The monoisotopic (exact) mass is 430 g/mol. The third-order valence-corrected chi connectivity index (χ3v) is 8.26. The van der Waals surface area contributed by atoms with E-state index in [1.165, 1.54) is 52.6 Å². The molecule has 0 saturated carbocycles. The molecule has 0 saturated heterocycles. The summed E-state index contributed by atoms with van der Waals surface area (Å²) in [6, 6.07) is 11.0. The van der Waals surface area contributed by atoms with Gasteiger partial charge in [-0.05, 0) is 30.4 Å². The first-order valence-electron chi connectivity index (χ1n) is 10.4. The second-order valence-electron chi connectivity index (χ2n) is 9.56. The molecule has 0 N–H and O–H groups in total. The molecule has 6 rings (SSSR count). The summed E-state index contributed by atoms with van der Waals surface area (Å²) < 4.78 is 13.0. The molecule has 4 heterocycles. The largest absolute Gasteiger partial charge is 0.454 e. The van der Waals surface area contributed by atoms with E-state index >= 15 is 0 Å². The SMILES string of the molecule is Cc1c2c(c(CC(C)(C)C)c3sc4ccccc4c13)Oc1csc3cc[n+](C)c-2c13. The summed E-state index contributed by atoms with van der Waals surface area (Å²) in [4.78, 5) is 0. The van der Waals surface area contributed by atoms with E-state index in [2.05, 4.69) is 81.2 Å². The zero-order valence-electron chi connectivity index (χ0n) is 17.9. The van der Waals surface area contributed by atoms with E-state index in [1.54, 1.807) is 11.3 Å². The summed E-state index contributed by atoms with van der Waals surface area (Å²) in [5, 5.41) is 6.18. The van der Waals surface area contributed by atoms with E-state index in [9.17, 15) is 0 Å². The van der Waals surface area contributed by atoms with Crippen LogP contribution in [-0.2, 0) is 13.5 Å². The summed E-state index contributed by atoms with van der Waals surface area (Å²) in [6.45, 7) is 9.23. The zero-order valence-corrected chi connectivity index (χ0v) is 19.6. The fourth-order valence-corrected chi connectivity index (χ4v) is 7.05. The molecule has 1 aliphatic rings. The molecule has 2 aromatic carbocycles. The first kappa shape index (κ1) is 18.3. The smallest absolute Gasteiger partial charge is 0.228 e. The number of hydrogen-bond acceptors (Lipinski definition) is 3. The van der Waals surface area contributed by atoms with Crippen LogP contribution in [-0.4, -0.2) is 0 Å². The molecule has 0 radical (unpaired) electrons. The third kappa shape index (κ3) is 2.44. The van der Waals surface area contributed by atoms with Crippen LogP contribution < -0.4 is 9.30 Å². The molecular weight excluding hydrogens is 406 g/mol. The summed E-state index contributed by atoms with van der Waals surface area (Å²) in [6.07, 6.45) is 3.17. The highest BCUT2D eigenvalue weighted by molar-refractivity contribution is 7.26. The van der Waals surface area contributed by atoms with E-state index < -0.39 is 0 Å². The van der Waals surface area contributed by atoms with Gasteiger partial charge in [-0.1, -0.05) is 39.0 Å². The van der Waals surface area contributed by atoms with Crippen LogP contribution in [0.25, 0.3) is 41.5 Å². The Morgan fingerprint density at radius 2 is 1.83 bits per heavy atom. The van der Waals surface area contributed by atoms with Crippen molar-refractivity contribution in [2.45, 2.75) is 34.1 Å². The normalized spacial score (nSPS) is 13.2. The highest BCUT2D eigenvalue weighted by Crippen LogP contribution is 2.55. The molecule has 0 spiro atoms. The number of ether oxygens (including phenoxy) is 1. The van der Waals surface area contributed by atoms with Gasteiger partial charge in [0.1, 0.15) is 18.2 Å². The van der Waals surface area contributed by atoms with E-state index in [0.717, 1.165) is 17.9 Å². The van der Waals surface area contributed by atoms with Crippen LogP contribution in [0.15, 0.2) is 41.9 Å². The number of hydrogen-bond donors (Lipinski definition) is 0. The summed E-state index contributed by atoms with van der Waals surface area (Å²) >= 11 is 3.68. The standard InChI is InChI=1S/C26H24NOS2/c1-14-20-15-8-6-7-9-18(15)30-25(20)16(12-26(2,3)4)24-21(14)23-22-17(28-24)13-29-19(22)10-11-27(23)5/h6-11,13H,12H2,1-5H3/q+1. The Morgan fingerprint density at radius 3 is 2.63 bits per heavy atom. The van der Waals surface area contributed by atoms with Crippen LogP contribution in [0.3, 0.4) is 0 Å². The van der Waals surface area contributed by atoms with Gasteiger partial charge in [-0.25, -0.2) is 4.57 Å². The molecule has 150 valence electrons. The van der Waals surface area contributed by atoms with Crippen molar-refractivity contribution in [3.8, 4) is 22.8 Å². The number of thiophene rings is 2. The Kier molecular flexibility index (Phi) is 3.70. The molecule has 5 aromatic rings. The number of nitrogens with zero attached hydrogens (tertiary/aromatic N) is 1. The molecule has 0 unspecified atom stereocenters. The Hall–Kier alpha value is -2.43. The molecule has 0 amide bonds. The van der Waals surface area contributed by atoms with Crippen molar-refractivity contribution in [1.29, 1.82) is 0 Å². The maximum absolute atomic E-state index is 6.71. The number of aryl methyl sites for hydroxylation is 2. The number of pyridine rings is 1. The molecular formula is C26H24NOS2+. The van der Waals surface area contributed by atoms with Gasteiger partial charge >= 0.3 is 0 Å². The van der Waals surface area contributed by atoms with Crippen LogP contribution in [0.1, 0.15) is 31.9 Å². The predicted molar refractivity (Wildman–Crippen MR) is 129 cm³/mol. The van der Waals surface area contributed by atoms with Gasteiger partial charge in [0.05, 0.1) is 10.3 Å². The molecule has 1 aliphatic heterocycles. The Bertz CT molecular complexity index is 1500. The van der Waals surface area contributed by atoms with E-state index in [1.807, 2.05) is 11.3 Å². The second kappa shape index (κ2) is 6.05. The zero-order chi connectivity index (χ0) is 20.8. The predicted octanol–water partition coefficient (Wildman–Crippen LogP) is 7.76. The lowest BCUT2D eigenvalue weighted by Crippen LogP contribution is -2.31. The Balaban J connectivity index is 1.85. The van der Waals surface area contributed by atoms with Crippen LogP contribution in [0, 0.1) is 12.3 Å². The summed E-state index contributed by atoms with van der Waals surface area (Å²) in [5.41, 5.74) is 5.40. The topological polar surface area (TPSA) is 13.1 Å². The van der Waals surface area contributed by atoms with Gasteiger partial charge in [-0.3, -0.25) is 0 Å². The lowest BCUT2D eigenvalue weighted by atomic mass is 9.84. The minimum absolute atomic E-state index is 0.165. The van der Waals surface area contributed by atoms with Gasteiger partial charge in [0.15, 0.2) is 11.9 Å². The Labute approximate surface area is 184 Å². The lowest BCUT2D eigenvalue weighted by Gasteiger charge is -2.26. The quantitative estimate of drug-likeness (QED) is 0.243. The van der Waals surface area contributed by atoms with Gasteiger partial charge in [0.2, 0.25) is 5.69 Å². The lowest BCUT2D eigenvalue weighted by molar-refractivity contribution is -0.659. The van der Waals surface area contributed by atoms with Crippen molar-refractivity contribution in [2.75, 3.05) is 0 Å². The number of fused-ring (bicyclic) bond motifs is 5. The first-order valence-corrected chi connectivity index (χ1v) is 12.1. The molecule has 0 aliphatic carbocycles. The number of aromatic nitrogens is 1. The van der Waals surface area contributed by atoms with Crippen LogP contribution in [0.5, 0.6) is 11.5 Å². The van der Waals surface area contributed by atoms with Crippen molar-refractivity contribution >= 4 is 52.9 Å². The third-order valence-electron chi connectivity index (χ3n) is 6.10. The highest BCUT2D eigenvalue weighted by Gasteiger charge is 2.35. The van der Waals surface area contributed by atoms with Gasteiger partial charge in [-0.15, -0.1) is 22.7 Å². The van der Waals surface area contributed by atoms with Crippen LogP contribution >= 0.6 is 22.7 Å². The van der Waals surface area contributed by atoms with Crippen molar-refractivity contribution in [1.82, 2.24) is 0 Å². The molecule has 2 nitrogen and oxygen atoms in total. The number of benzene rings is 2. The van der Waals surface area contributed by atoms with E-state index in [-0.39, 0.29) is 5.41 Å². The molecule has 3 aromatic heterocycles. The molecule has 0 fully saturated rings. The molecule has 30 heavy (non-hydrogen) atoms. The minimum atomic E-state index is 0.165. The van der Waals surface area contributed by atoms with Crippen molar-refractivity contribution in [3.63, 3.8) is 0 Å². The summed E-state index contributed by atoms with van der Waals surface area (Å²) in [7, 11) is 2.16. The maximum atomic E-state index is 6.71. The fraction of sp³-hybridized carbons (Fsp3) is 0.269.